The van der Waals surface area contributed by atoms with E-state index in [0.29, 0.717) is 28.2 Å². The van der Waals surface area contributed by atoms with Gasteiger partial charge in [0.1, 0.15) is 16.5 Å². The number of hydrogen-bond donors (Lipinski definition) is 2. The zero-order chi connectivity index (χ0) is 26.3. The molecule has 2 aliphatic heterocycles. The third-order valence-corrected chi connectivity index (χ3v) is 10.5. The average Bonchev–Trinajstić information content (AvgIpc) is 3.12. The zero-order valence-electron chi connectivity index (χ0n) is 23.2. The minimum atomic E-state index is -1.01. The van der Waals surface area contributed by atoms with E-state index in [9.17, 15) is 19.8 Å². The molecule has 2 aliphatic rings. The predicted molar refractivity (Wildman–Crippen MR) is 147 cm³/mol. The number of carboxylic acid groups (broad SMARTS) is 1. The minimum Gasteiger partial charge on any atom is -0.480 e. The molecule has 6 nitrogen and oxygen atoms in total. The van der Waals surface area contributed by atoms with Crippen molar-refractivity contribution in [2.24, 2.45) is 29.6 Å². The molecule has 0 aromatic rings. The maximum absolute atomic E-state index is 13.6. The lowest BCUT2D eigenvalue weighted by Gasteiger charge is -2.53. The van der Waals surface area contributed by atoms with Gasteiger partial charge in [0, 0.05) is 5.92 Å². The van der Waals surface area contributed by atoms with Crippen LogP contribution in [0.2, 0.25) is 0 Å². The van der Waals surface area contributed by atoms with E-state index in [1.54, 1.807) is 4.90 Å². The first-order valence-corrected chi connectivity index (χ1v) is 15.6. The van der Waals surface area contributed by atoms with Gasteiger partial charge in [-0.05, 0) is 37.0 Å². The molecule has 2 saturated heterocycles. The highest BCUT2D eigenvalue weighted by atomic mass is 32.2. The summed E-state index contributed by atoms with van der Waals surface area (Å²) in [7, 11) is 0.620. The number of carbonyl (C=O) groups excluding carboxylic acids is 1. The molecule has 0 spiro atoms. The number of fused-ring (bicyclic) bond motifs is 1. The number of rotatable bonds is 17. The van der Waals surface area contributed by atoms with Crippen molar-refractivity contribution in [1.29, 1.82) is 0 Å². The molecule has 0 aromatic carbocycles. The largest absolute Gasteiger partial charge is 0.480 e. The third-order valence-electron chi connectivity index (χ3n) is 8.10. The zero-order valence-corrected chi connectivity index (χ0v) is 26.0. The lowest BCUT2D eigenvalue weighted by Crippen LogP contribution is -2.66. The van der Waals surface area contributed by atoms with E-state index in [1.807, 2.05) is 0 Å². The molecule has 8 heteroatoms. The van der Waals surface area contributed by atoms with Crippen molar-refractivity contribution in [3.8, 4) is 0 Å². The Morgan fingerprint density at radius 1 is 1.00 bits per heavy atom. The molecule has 1 amide bonds. The Kier molecular flexibility index (Phi) is 12.1. The van der Waals surface area contributed by atoms with E-state index in [2.05, 4.69) is 41.5 Å². The molecule has 3 unspecified atom stereocenters. The van der Waals surface area contributed by atoms with E-state index in [4.69, 9.17) is 4.43 Å². The van der Waals surface area contributed by atoms with Crippen molar-refractivity contribution >= 4 is 34.1 Å². The molecule has 2 N–H and O–H groups in total. The second kappa shape index (κ2) is 13.8. The van der Waals surface area contributed by atoms with Crippen LogP contribution in [0.3, 0.4) is 0 Å². The van der Waals surface area contributed by atoms with Crippen LogP contribution in [0, 0.1) is 29.6 Å². The van der Waals surface area contributed by atoms with Gasteiger partial charge in [-0.3, -0.25) is 4.79 Å². The Hall–Kier alpha value is -0.573. The number of nitrogens with zero attached hydrogens (tertiary/aromatic N) is 1. The summed E-state index contributed by atoms with van der Waals surface area (Å²) in [4.78, 5) is 27.1. The van der Waals surface area contributed by atoms with E-state index in [0.717, 1.165) is 57.8 Å². The number of β-lactam (4-membered cyclic amide) rings is 1. The number of aliphatic hydroxyl groups is 1. The molecule has 0 aromatic heterocycles. The van der Waals surface area contributed by atoms with Gasteiger partial charge in [-0.1, -0.05) is 80.1 Å². The lowest BCUT2D eigenvalue weighted by atomic mass is 9.67. The molecule has 0 bridgehead atoms. The highest BCUT2D eigenvalue weighted by molar-refractivity contribution is 8.01. The minimum absolute atomic E-state index is 0.0452. The second-order valence-corrected chi connectivity index (χ2v) is 13.8. The smallest absolute Gasteiger partial charge is 0.327 e. The van der Waals surface area contributed by atoms with Crippen LogP contribution < -0.4 is 0 Å². The van der Waals surface area contributed by atoms with Crippen LogP contribution in [-0.4, -0.2) is 66.3 Å². The summed E-state index contributed by atoms with van der Waals surface area (Å²) in [6, 6.07) is -0.928. The van der Waals surface area contributed by atoms with E-state index >= 15 is 0 Å². The predicted octanol–water partition coefficient (Wildman–Crippen LogP) is 4.46. The summed E-state index contributed by atoms with van der Waals surface area (Å²) in [5.74, 6) is 0.671. The summed E-state index contributed by atoms with van der Waals surface area (Å²) in [6.45, 7) is 13.3. The molecular weight excluding hydrogens is 478 g/mol. The Balaban J connectivity index is 2.38. The van der Waals surface area contributed by atoms with Crippen molar-refractivity contribution in [2.45, 2.75) is 122 Å². The fourth-order valence-electron chi connectivity index (χ4n) is 6.17. The number of aliphatic carboxylic acids is 1. The van der Waals surface area contributed by atoms with Gasteiger partial charge < -0.3 is 19.5 Å². The summed E-state index contributed by atoms with van der Waals surface area (Å²) < 4.78 is 6.60. The highest BCUT2D eigenvalue weighted by Gasteiger charge is 2.64. The van der Waals surface area contributed by atoms with E-state index in [1.165, 1.54) is 11.8 Å². The molecule has 2 heterocycles. The molecular formula is C27H51NO5SSi. The molecule has 2 rings (SSSR count). The maximum atomic E-state index is 13.6. The Morgan fingerprint density at radius 2 is 1.51 bits per heavy atom. The quantitative estimate of drug-likeness (QED) is 0.214. The lowest BCUT2D eigenvalue weighted by molar-refractivity contribution is -0.172. The second-order valence-electron chi connectivity index (χ2n) is 12.1. The van der Waals surface area contributed by atoms with Gasteiger partial charge in [-0.25, -0.2) is 4.79 Å². The van der Waals surface area contributed by atoms with Gasteiger partial charge in [0.15, 0.2) is 0 Å². The van der Waals surface area contributed by atoms with Gasteiger partial charge in [0.05, 0.1) is 28.7 Å². The third kappa shape index (κ3) is 7.48. The molecule has 35 heavy (non-hydrogen) atoms. The van der Waals surface area contributed by atoms with E-state index < -0.39 is 17.3 Å². The molecule has 0 saturated carbocycles. The SMILES string of the molecule is CC(C)CCC[C@H]([C@H]1C(=O)N2C(C(=O)O)C(CO)SC12)C(CCCC(C)C)(CCCC(C)C)O[SiH3]. The topological polar surface area (TPSA) is 87.1 Å². The molecule has 204 valence electrons. The fraction of sp³-hybridized carbons (Fsp3) is 0.926. The first-order valence-electron chi connectivity index (χ1n) is 13.9. The summed E-state index contributed by atoms with van der Waals surface area (Å²) >= 11 is 1.49. The van der Waals surface area contributed by atoms with Gasteiger partial charge in [-0.15, -0.1) is 11.8 Å². The van der Waals surface area contributed by atoms with Crippen LogP contribution in [0.15, 0.2) is 0 Å². The number of carbonyl (C=O) groups is 2. The van der Waals surface area contributed by atoms with Crippen LogP contribution in [0.25, 0.3) is 0 Å². The first-order chi connectivity index (χ1) is 16.5. The van der Waals surface area contributed by atoms with Gasteiger partial charge in [0.2, 0.25) is 5.91 Å². The van der Waals surface area contributed by atoms with Crippen LogP contribution in [0.5, 0.6) is 0 Å². The van der Waals surface area contributed by atoms with Crippen molar-refractivity contribution in [2.75, 3.05) is 6.61 Å². The average molecular weight is 530 g/mol. The highest BCUT2D eigenvalue weighted by Crippen LogP contribution is 2.55. The van der Waals surface area contributed by atoms with Crippen LogP contribution >= 0.6 is 11.8 Å². The van der Waals surface area contributed by atoms with Gasteiger partial charge in [-0.2, -0.15) is 0 Å². The number of aliphatic hydroxyl groups excluding tert-OH is 1. The number of thioether (sulfide) groups is 1. The molecule has 0 aliphatic carbocycles. The van der Waals surface area contributed by atoms with Crippen LogP contribution in [-0.2, 0) is 14.0 Å². The van der Waals surface area contributed by atoms with Crippen molar-refractivity contribution in [3.05, 3.63) is 0 Å². The standard InChI is InChI=1S/C27H51NO5SSi/c1-17(2)10-7-13-20(22-24(30)28-23(26(31)32)21(16-29)34-25(22)28)27(33-35,14-8-11-18(3)4)15-9-12-19(5)6/h17-23,25,29H,7-16H2,1-6,35H3,(H,31,32)/t20-,21?,22+,23?,25?/m1/s1. The number of hydrogen-bond acceptors (Lipinski definition) is 5. The van der Waals surface area contributed by atoms with Crippen molar-refractivity contribution in [1.82, 2.24) is 4.90 Å². The summed E-state index contributed by atoms with van der Waals surface area (Å²) in [5, 5.41) is 19.0. The van der Waals surface area contributed by atoms with Crippen molar-refractivity contribution < 1.29 is 24.2 Å². The van der Waals surface area contributed by atoms with Crippen LogP contribution in [0.4, 0.5) is 0 Å². The fourth-order valence-corrected chi connectivity index (χ4v) is 8.56. The number of carboxylic acids is 1. The van der Waals surface area contributed by atoms with Gasteiger partial charge in [0.25, 0.3) is 0 Å². The number of amides is 1. The summed E-state index contributed by atoms with van der Waals surface area (Å²) in [5.41, 5.74) is -0.323. The molecule has 5 atom stereocenters. The normalized spacial score (nSPS) is 25.5. The molecule has 2 fully saturated rings. The summed E-state index contributed by atoms with van der Waals surface area (Å²) in [6.07, 6.45) is 9.49. The van der Waals surface area contributed by atoms with E-state index in [-0.39, 0.29) is 35.3 Å². The Labute approximate surface area is 220 Å². The van der Waals surface area contributed by atoms with Crippen molar-refractivity contribution in [3.63, 3.8) is 0 Å². The van der Waals surface area contributed by atoms with Crippen LogP contribution in [0.1, 0.15) is 99.3 Å². The maximum Gasteiger partial charge on any atom is 0.327 e. The Bertz CT molecular complexity index is 674. The molecule has 0 radical (unpaired) electrons. The first kappa shape index (κ1) is 30.6. The monoisotopic (exact) mass is 529 g/mol. The van der Waals surface area contributed by atoms with Gasteiger partial charge >= 0.3 is 5.97 Å². The Morgan fingerprint density at radius 3 is 1.94 bits per heavy atom.